The van der Waals surface area contributed by atoms with Crippen molar-refractivity contribution >= 4 is 6.08 Å². The molecule has 1 saturated carbocycles. The number of rotatable bonds is 4. The van der Waals surface area contributed by atoms with Crippen LogP contribution in [0.5, 0.6) is 11.5 Å². The molecule has 3 atom stereocenters. The van der Waals surface area contributed by atoms with Crippen molar-refractivity contribution in [1.29, 1.82) is 0 Å². The molecule has 1 aromatic carbocycles. The summed E-state index contributed by atoms with van der Waals surface area (Å²) in [6.45, 7) is 1.02. The van der Waals surface area contributed by atoms with E-state index in [-0.39, 0.29) is 0 Å². The van der Waals surface area contributed by atoms with Gasteiger partial charge in [0.1, 0.15) is 0 Å². The third-order valence-corrected chi connectivity index (χ3v) is 5.05. The molecule has 0 aromatic heterocycles. The van der Waals surface area contributed by atoms with Crippen LogP contribution in [-0.2, 0) is 0 Å². The van der Waals surface area contributed by atoms with E-state index in [1.165, 1.54) is 6.42 Å². The topological polar surface area (TPSA) is 50.7 Å². The molecule has 0 bridgehead atoms. The van der Waals surface area contributed by atoms with E-state index < -0.39 is 5.60 Å². The number of aliphatic hydroxyl groups is 1. The molecule has 22 heavy (non-hydrogen) atoms. The zero-order valence-electron chi connectivity index (χ0n) is 13.3. The van der Waals surface area contributed by atoms with Crippen molar-refractivity contribution in [2.45, 2.75) is 37.3 Å². The van der Waals surface area contributed by atoms with Gasteiger partial charge in [-0.05, 0) is 49.9 Å². The van der Waals surface area contributed by atoms with E-state index >= 15 is 0 Å². The smallest absolute Gasteiger partial charge is 0.161 e. The maximum atomic E-state index is 11.0. The fraction of sp³-hybridized carbons (Fsp3) is 0.556. The van der Waals surface area contributed by atoms with E-state index in [2.05, 4.69) is 5.32 Å². The SMILES string of the molecule is COc1ccc(/C=C\[C@]2(O)CCC[C@H]3NCC[C@H]32)cc1OC. The molecule has 1 aromatic rings. The summed E-state index contributed by atoms with van der Waals surface area (Å²) < 4.78 is 10.6. The molecule has 1 aliphatic carbocycles. The van der Waals surface area contributed by atoms with Crippen LogP contribution < -0.4 is 14.8 Å². The maximum absolute atomic E-state index is 11.0. The second kappa shape index (κ2) is 6.31. The molecule has 1 heterocycles. The van der Waals surface area contributed by atoms with Crippen molar-refractivity contribution in [2.75, 3.05) is 20.8 Å². The minimum atomic E-state index is -0.695. The van der Waals surface area contributed by atoms with Gasteiger partial charge < -0.3 is 19.9 Å². The Balaban J connectivity index is 1.80. The number of benzene rings is 1. The van der Waals surface area contributed by atoms with Gasteiger partial charge in [-0.2, -0.15) is 0 Å². The second-order valence-electron chi connectivity index (χ2n) is 6.29. The molecule has 3 rings (SSSR count). The van der Waals surface area contributed by atoms with E-state index in [1.807, 2.05) is 30.4 Å². The van der Waals surface area contributed by atoms with Crippen molar-refractivity contribution < 1.29 is 14.6 Å². The number of hydrogen-bond donors (Lipinski definition) is 2. The summed E-state index contributed by atoms with van der Waals surface area (Å²) in [6, 6.07) is 6.28. The van der Waals surface area contributed by atoms with Gasteiger partial charge in [-0.1, -0.05) is 18.2 Å². The molecule has 120 valence electrons. The lowest BCUT2D eigenvalue weighted by molar-refractivity contribution is -0.00718. The van der Waals surface area contributed by atoms with Crippen LogP contribution in [0, 0.1) is 5.92 Å². The lowest BCUT2D eigenvalue weighted by Crippen LogP contribution is -2.46. The minimum Gasteiger partial charge on any atom is -0.493 e. The highest BCUT2D eigenvalue weighted by molar-refractivity contribution is 5.56. The summed E-state index contributed by atoms with van der Waals surface area (Å²) in [7, 11) is 3.26. The zero-order valence-corrected chi connectivity index (χ0v) is 13.3. The van der Waals surface area contributed by atoms with Crippen LogP contribution in [0.1, 0.15) is 31.2 Å². The van der Waals surface area contributed by atoms with Crippen LogP contribution >= 0.6 is 0 Å². The van der Waals surface area contributed by atoms with Crippen LogP contribution in [0.3, 0.4) is 0 Å². The number of hydrogen-bond acceptors (Lipinski definition) is 4. The Bertz CT molecular complexity index is 557. The van der Waals surface area contributed by atoms with Gasteiger partial charge in [-0.3, -0.25) is 0 Å². The van der Waals surface area contributed by atoms with Gasteiger partial charge in [0.25, 0.3) is 0 Å². The first-order valence-corrected chi connectivity index (χ1v) is 8.03. The minimum absolute atomic E-state index is 0.331. The summed E-state index contributed by atoms with van der Waals surface area (Å²) >= 11 is 0. The van der Waals surface area contributed by atoms with Crippen LogP contribution in [-0.4, -0.2) is 37.5 Å². The Labute approximate surface area is 132 Å². The van der Waals surface area contributed by atoms with E-state index in [9.17, 15) is 5.11 Å². The molecule has 0 spiro atoms. The Kier molecular flexibility index (Phi) is 4.41. The van der Waals surface area contributed by atoms with Gasteiger partial charge >= 0.3 is 0 Å². The first kappa shape index (κ1) is 15.4. The Hall–Kier alpha value is -1.52. The van der Waals surface area contributed by atoms with Gasteiger partial charge in [-0.15, -0.1) is 0 Å². The van der Waals surface area contributed by atoms with Crippen molar-refractivity contribution in [1.82, 2.24) is 5.32 Å². The summed E-state index contributed by atoms with van der Waals surface area (Å²) in [5, 5.41) is 14.6. The van der Waals surface area contributed by atoms with E-state index in [1.54, 1.807) is 14.2 Å². The number of nitrogens with one attached hydrogen (secondary N) is 1. The number of fused-ring (bicyclic) bond motifs is 1. The van der Waals surface area contributed by atoms with E-state index in [4.69, 9.17) is 9.47 Å². The highest BCUT2D eigenvalue weighted by Crippen LogP contribution is 2.40. The second-order valence-corrected chi connectivity index (χ2v) is 6.29. The van der Waals surface area contributed by atoms with Crippen LogP contribution in [0.15, 0.2) is 24.3 Å². The summed E-state index contributed by atoms with van der Waals surface area (Å²) in [5.41, 5.74) is 0.318. The number of ether oxygens (including phenoxy) is 2. The predicted octanol–water partition coefficient (Wildman–Crippen LogP) is 2.61. The molecule has 0 amide bonds. The van der Waals surface area contributed by atoms with Gasteiger partial charge in [0.2, 0.25) is 0 Å². The molecule has 2 N–H and O–H groups in total. The molecule has 4 nitrogen and oxygen atoms in total. The highest BCUT2D eigenvalue weighted by Gasteiger charge is 2.44. The first-order chi connectivity index (χ1) is 10.7. The summed E-state index contributed by atoms with van der Waals surface area (Å²) in [4.78, 5) is 0. The zero-order chi connectivity index (χ0) is 15.6. The monoisotopic (exact) mass is 303 g/mol. The van der Waals surface area contributed by atoms with Gasteiger partial charge in [0, 0.05) is 12.0 Å². The van der Waals surface area contributed by atoms with E-state index in [0.29, 0.717) is 17.7 Å². The molecule has 4 heteroatoms. The lowest BCUT2D eigenvalue weighted by atomic mass is 9.72. The maximum Gasteiger partial charge on any atom is 0.161 e. The molecule has 0 unspecified atom stereocenters. The lowest BCUT2D eigenvalue weighted by Gasteiger charge is -2.39. The van der Waals surface area contributed by atoms with Crippen molar-refractivity contribution in [2.24, 2.45) is 5.92 Å². The van der Waals surface area contributed by atoms with Crippen molar-refractivity contribution in [3.8, 4) is 11.5 Å². The summed E-state index contributed by atoms with van der Waals surface area (Å²) in [5.74, 6) is 1.76. The third kappa shape index (κ3) is 2.85. The van der Waals surface area contributed by atoms with Crippen LogP contribution in [0.25, 0.3) is 6.08 Å². The average molecular weight is 303 g/mol. The van der Waals surface area contributed by atoms with Crippen LogP contribution in [0.2, 0.25) is 0 Å². The quantitative estimate of drug-likeness (QED) is 0.898. The van der Waals surface area contributed by atoms with Gasteiger partial charge in [-0.25, -0.2) is 0 Å². The number of methoxy groups -OCH3 is 2. The van der Waals surface area contributed by atoms with E-state index in [0.717, 1.165) is 37.1 Å². The molecular weight excluding hydrogens is 278 g/mol. The third-order valence-electron chi connectivity index (χ3n) is 5.05. The molecule has 0 radical (unpaired) electrons. The van der Waals surface area contributed by atoms with Gasteiger partial charge in [0.05, 0.1) is 19.8 Å². The predicted molar refractivity (Wildman–Crippen MR) is 87.3 cm³/mol. The Morgan fingerprint density at radius 1 is 1.23 bits per heavy atom. The molecule has 1 saturated heterocycles. The molecule has 2 aliphatic rings. The first-order valence-electron chi connectivity index (χ1n) is 8.03. The molecular formula is C18H25NO3. The Morgan fingerprint density at radius 3 is 2.82 bits per heavy atom. The highest BCUT2D eigenvalue weighted by atomic mass is 16.5. The fourth-order valence-corrected chi connectivity index (χ4v) is 3.86. The van der Waals surface area contributed by atoms with Crippen LogP contribution in [0.4, 0.5) is 0 Å². The summed E-state index contributed by atoms with van der Waals surface area (Å²) in [6.07, 6.45) is 8.13. The normalized spacial score (nSPS) is 31.2. The molecule has 1 aliphatic heterocycles. The van der Waals surface area contributed by atoms with Gasteiger partial charge in [0.15, 0.2) is 11.5 Å². The largest absolute Gasteiger partial charge is 0.493 e. The Morgan fingerprint density at radius 2 is 2.05 bits per heavy atom. The van der Waals surface area contributed by atoms with Crippen molar-refractivity contribution in [3.05, 3.63) is 29.8 Å². The average Bonchev–Trinajstić information content (AvgIpc) is 3.03. The van der Waals surface area contributed by atoms with Crippen molar-refractivity contribution in [3.63, 3.8) is 0 Å². The fourth-order valence-electron chi connectivity index (χ4n) is 3.86. The molecule has 2 fully saturated rings. The standard InChI is InChI=1S/C18H25NO3/c1-21-16-6-5-13(12-17(16)22-2)7-10-18(20)9-3-4-15-14(18)8-11-19-15/h5-7,10,12,14-15,19-20H,3-4,8-9,11H2,1-2H3/b10-7-/t14-,15-,18-/m1/s1.